The molecule has 3 aromatic heterocycles. The zero-order chi connectivity index (χ0) is 34.3. The molecule has 1 aromatic carbocycles. The Morgan fingerprint density at radius 2 is 0.812 bits per heavy atom. The van der Waals surface area contributed by atoms with E-state index in [0.29, 0.717) is 0 Å². The molecule has 4 aromatic rings. The van der Waals surface area contributed by atoms with Crippen molar-refractivity contribution in [3.63, 3.8) is 0 Å². The van der Waals surface area contributed by atoms with Gasteiger partial charge >= 0.3 is 5.82 Å². The van der Waals surface area contributed by atoms with Gasteiger partial charge in [-0.2, -0.15) is 31.6 Å². The summed E-state index contributed by atoms with van der Waals surface area (Å²) in [5, 5.41) is 20.1. The van der Waals surface area contributed by atoms with Gasteiger partial charge in [0.05, 0.1) is 59.4 Å². The van der Waals surface area contributed by atoms with E-state index in [1.54, 1.807) is 12.1 Å². The minimum Gasteiger partial charge on any atom is -0.247 e. The minimum atomic E-state index is -1.75. The Hall–Kier alpha value is -7.73. The van der Waals surface area contributed by atoms with Gasteiger partial charge in [-0.25, -0.2) is 50.1 Å². The third-order valence-corrected chi connectivity index (χ3v) is 7.66. The fourth-order valence-electron chi connectivity index (χ4n) is 5.99. The second kappa shape index (κ2) is 9.89. The van der Waals surface area contributed by atoms with Gasteiger partial charge in [0.15, 0.2) is 0 Å². The highest BCUT2D eigenvalue weighted by molar-refractivity contribution is 6.22. The van der Waals surface area contributed by atoms with E-state index in [1.165, 1.54) is 6.92 Å². The van der Waals surface area contributed by atoms with Crippen LogP contribution in [0.5, 0.6) is 0 Å². The summed E-state index contributed by atoms with van der Waals surface area (Å²) in [6, 6.07) is 3.35. The van der Waals surface area contributed by atoms with Crippen LogP contribution in [-0.4, -0.2) is 29.9 Å². The van der Waals surface area contributed by atoms with Crippen molar-refractivity contribution in [2.24, 2.45) is 0 Å². The number of fused-ring (bicyclic) bond motifs is 12. The second-order valence-corrected chi connectivity index (χ2v) is 9.87. The van der Waals surface area contributed by atoms with Crippen molar-refractivity contribution in [3.8, 4) is 45.9 Å². The average Bonchev–Trinajstić information content (AvgIpc) is 3.66. The number of hydrogen-bond acceptors (Lipinski definition) is 8. The maximum absolute atomic E-state index is 15.2. The summed E-state index contributed by atoms with van der Waals surface area (Å²) in [5.41, 5.74) is -7.69. The predicted molar refractivity (Wildman–Crippen MR) is 150 cm³/mol. The van der Waals surface area contributed by atoms with E-state index in [0.717, 1.165) is 0 Å². The molecule has 12 nitrogen and oxygen atoms in total. The maximum Gasteiger partial charge on any atom is 0.529 e. The lowest BCUT2D eigenvalue weighted by Crippen LogP contribution is -2.01. The third-order valence-electron chi connectivity index (χ3n) is 7.66. The topological polar surface area (TPSA) is 142 Å². The van der Waals surface area contributed by atoms with Gasteiger partial charge in [0.2, 0.25) is 5.95 Å². The number of rotatable bonds is 0. The molecule has 3 aliphatic rings. The van der Waals surface area contributed by atoms with Crippen molar-refractivity contribution >= 4 is 16.7 Å². The van der Waals surface area contributed by atoms with Crippen LogP contribution in [0.25, 0.3) is 69.9 Å². The molecule has 0 amide bonds. The van der Waals surface area contributed by atoms with E-state index in [1.807, 2.05) is 0 Å². The van der Waals surface area contributed by atoms with Crippen molar-refractivity contribution in [1.29, 1.82) is 10.5 Å². The predicted octanol–water partition coefficient (Wildman–Crippen LogP) is 5.96. The number of hydrogen-bond donors (Lipinski definition) is 0. The van der Waals surface area contributed by atoms with E-state index < -0.39 is 80.9 Å². The summed E-state index contributed by atoms with van der Waals surface area (Å²) in [7, 11) is 0. The quantitative estimate of drug-likeness (QED) is 0.113. The summed E-state index contributed by atoms with van der Waals surface area (Å²) < 4.78 is 74.4. The van der Waals surface area contributed by atoms with Crippen molar-refractivity contribution < 1.29 is 22.0 Å². The van der Waals surface area contributed by atoms with Crippen LogP contribution in [0.3, 0.4) is 0 Å². The van der Waals surface area contributed by atoms with E-state index in [2.05, 4.69) is 49.3 Å². The molecular formula is C31H3F5N12. The summed E-state index contributed by atoms with van der Waals surface area (Å²) in [4.78, 5) is 35.7. The Morgan fingerprint density at radius 3 is 1.19 bits per heavy atom. The van der Waals surface area contributed by atoms with Gasteiger partial charge in [-0.3, -0.25) is 0 Å². The van der Waals surface area contributed by atoms with Crippen molar-refractivity contribution in [2.45, 2.75) is 6.92 Å². The first-order chi connectivity index (χ1) is 23.1. The summed E-state index contributed by atoms with van der Waals surface area (Å²) in [5.74, 6) is -8.89. The molecule has 0 aliphatic heterocycles. The fraction of sp³-hybridized carbons (Fsp3) is 0.0323. The molecule has 222 valence electrons. The molecule has 17 heteroatoms. The lowest BCUT2D eigenvalue weighted by atomic mass is 9.85. The summed E-state index contributed by atoms with van der Waals surface area (Å²) >= 11 is 0. The number of nitriles is 2. The monoisotopic (exact) mass is 638 g/mol. The zero-order valence-electron chi connectivity index (χ0n) is 23.3. The number of nitrogens with zero attached hydrogens (tertiary/aromatic N) is 12. The highest BCUT2D eigenvalue weighted by Gasteiger charge is 2.49. The summed E-state index contributed by atoms with van der Waals surface area (Å²) in [6.45, 7) is 32.1. The zero-order valence-corrected chi connectivity index (χ0v) is 23.3. The molecule has 0 fully saturated rings. The van der Waals surface area contributed by atoms with Crippen molar-refractivity contribution in [3.05, 3.63) is 132 Å². The lowest BCUT2D eigenvalue weighted by Gasteiger charge is -2.17. The number of halogens is 5. The highest BCUT2D eigenvalue weighted by Crippen LogP contribution is 2.63. The van der Waals surface area contributed by atoms with Gasteiger partial charge < -0.3 is 0 Å². The van der Waals surface area contributed by atoms with Crippen LogP contribution in [0.15, 0.2) is 17.2 Å². The molecule has 0 unspecified atom stereocenters. The van der Waals surface area contributed by atoms with Gasteiger partial charge in [-0.05, 0) is 18.1 Å². The van der Waals surface area contributed by atoms with E-state index in [9.17, 15) is 28.1 Å². The lowest BCUT2D eigenvalue weighted by molar-refractivity contribution is 0.453. The first-order valence-corrected chi connectivity index (χ1v) is 12.9. The fourth-order valence-corrected chi connectivity index (χ4v) is 5.99. The molecule has 0 atom stereocenters. The molecule has 3 aliphatic carbocycles. The van der Waals surface area contributed by atoms with Gasteiger partial charge in [0.1, 0.15) is 24.4 Å². The number of aromatic nitrogens is 6. The van der Waals surface area contributed by atoms with Crippen LogP contribution in [0.4, 0.5) is 22.0 Å². The number of aryl methyl sites for hydroxylation is 1. The number of allylic oxidation sites excluding steroid dienone is 2. The van der Waals surface area contributed by atoms with Crippen LogP contribution >= 0.6 is 0 Å². The molecule has 0 saturated carbocycles. The molecule has 0 radical (unpaired) electrons. The first-order valence-electron chi connectivity index (χ1n) is 12.9. The number of benzene rings is 1. The minimum absolute atomic E-state index is 0.268. The first kappa shape index (κ1) is 29.0. The smallest absolute Gasteiger partial charge is 0.247 e. The Balaban J connectivity index is 1.91. The van der Waals surface area contributed by atoms with Crippen LogP contribution in [0.2, 0.25) is 0 Å². The molecule has 3 heterocycles. The third kappa shape index (κ3) is 3.44. The Labute approximate surface area is 264 Å². The van der Waals surface area contributed by atoms with Gasteiger partial charge in [-0.15, -0.1) is 0 Å². The maximum atomic E-state index is 15.2. The van der Waals surface area contributed by atoms with Gasteiger partial charge in [0.25, 0.3) is 35.2 Å². The van der Waals surface area contributed by atoms with Crippen LogP contribution in [0, 0.1) is 85.6 Å². The molecule has 0 N–H and O–H groups in total. The summed E-state index contributed by atoms with van der Waals surface area (Å²) in [6.07, 6.45) is 0. The molecule has 7 rings (SSSR count). The largest absolute Gasteiger partial charge is 0.529 e. The van der Waals surface area contributed by atoms with E-state index in [4.69, 9.17) is 26.3 Å². The molecule has 0 spiro atoms. The van der Waals surface area contributed by atoms with Crippen LogP contribution in [0.1, 0.15) is 39.5 Å². The molecule has 0 saturated heterocycles. The standard InChI is InChI=1S/C31H3F5N12/c1-8-26(32)44-22-16-13(11(20(22)43-8)9(6-37)39-2)18-15(19(31(41-4)42-5)25-24(18)47-29(35)30(36)48-25)17-14(16)12(10(7-38)40-3)21-23(17)46-28(34)27(33)45-21/h1H3/b11-9+,12-10-. The molecule has 0 bridgehead atoms. The van der Waals surface area contributed by atoms with Crippen molar-refractivity contribution in [2.75, 3.05) is 0 Å². The van der Waals surface area contributed by atoms with Gasteiger partial charge in [0, 0.05) is 33.4 Å². The van der Waals surface area contributed by atoms with E-state index in [-0.39, 0.29) is 56.0 Å². The Kier molecular flexibility index (Phi) is 5.97. The SMILES string of the molecule is [C-]#[N+]C([N+]#[C-])=C1c2nc(F)c(F)nc2-c2c1c1c(c3c2/C(=C(/C#N)[N+]#[C-])c2nc(C)c(F)nc2-3)/C(=C(\C#N)[N+]#[C-])c2nc(F)c(F)nc2-1. The van der Waals surface area contributed by atoms with E-state index >= 15 is 4.39 Å². The van der Waals surface area contributed by atoms with Gasteiger partial charge in [-0.1, -0.05) is 0 Å². The molecular weight excluding hydrogens is 635 g/mol. The highest BCUT2D eigenvalue weighted by atomic mass is 19.2. The van der Waals surface area contributed by atoms with Crippen molar-refractivity contribution in [1.82, 2.24) is 29.9 Å². The normalized spacial score (nSPS) is 14.4. The second-order valence-electron chi connectivity index (χ2n) is 9.87. The Bertz CT molecular complexity index is 2340. The van der Waals surface area contributed by atoms with Crippen LogP contribution < -0.4 is 0 Å². The van der Waals surface area contributed by atoms with Crippen LogP contribution in [-0.2, 0) is 0 Å². The average molecular weight is 638 g/mol. The molecule has 48 heavy (non-hydrogen) atoms. The Morgan fingerprint density at radius 1 is 0.479 bits per heavy atom.